The van der Waals surface area contributed by atoms with Gasteiger partial charge in [0.05, 0.1) is 0 Å². The van der Waals surface area contributed by atoms with Crippen molar-refractivity contribution in [3.05, 3.63) is 11.9 Å². The number of nitrogens with one attached hydrogen (secondary N) is 2. The third-order valence-electron chi connectivity index (χ3n) is 3.48. The highest BCUT2D eigenvalue weighted by Crippen LogP contribution is 2.16. The van der Waals surface area contributed by atoms with Gasteiger partial charge in [-0.3, -0.25) is 0 Å². The molecule has 0 spiro atoms. The van der Waals surface area contributed by atoms with E-state index in [-0.39, 0.29) is 0 Å². The molecule has 2 N–H and O–H groups in total. The predicted octanol–water partition coefficient (Wildman–Crippen LogP) is 1.80. The van der Waals surface area contributed by atoms with Crippen molar-refractivity contribution in [1.29, 1.82) is 0 Å². The molecule has 1 fully saturated rings. The standard InChI is InChI=1S/C14H25N5/c1-4-15-13-9-14(18-11(2)17-13)19(3)10-12-7-5-6-8-16-12/h9,12,16H,4-8,10H2,1-3H3,(H,15,17,18). The molecular formula is C14H25N5. The van der Waals surface area contributed by atoms with Crippen molar-refractivity contribution in [1.82, 2.24) is 15.3 Å². The number of piperidine rings is 1. The van der Waals surface area contributed by atoms with Crippen LogP contribution in [0, 0.1) is 6.92 Å². The summed E-state index contributed by atoms with van der Waals surface area (Å²) >= 11 is 0. The molecule has 1 aromatic heterocycles. The molecule has 5 heteroatoms. The molecule has 0 aliphatic carbocycles. The fraction of sp³-hybridized carbons (Fsp3) is 0.714. The Morgan fingerprint density at radius 3 is 2.95 bits per heavy atom. The van der Waals surface area contributed by atoms with Crippen molar-refractivity contribution >= 4 is 11.6 Å². The zero-order valence-corrected chi connectivity index (χ0v) is 12.2. The molecule has 0 radical (unpaired) electrons. The van der Waals surface area contributed by atoms with Gasteiger partial charge in [-0.1, -0.05) is 6.42 Å². The summed E-state index contributed by atoms with van der Waals surface area (Å²) in [4.78, 5) is 11.1. The molecule has 19 heavy (non-hydrogen) atoms. The van der Waals surface area contributed by atoms with Crippen molar-refractivity contribution < 1.29 is 0 Å². The monoisotopic (exact) mass is 263 g/mol. The minimum atomic E-state index is 0.580. The summed E-state index contributed by atoms with van der Waals surface area (Å²) in [7, 11) is 2.10. The summed E-state index contributed by atoms with van der Waals surface area (Å²) in [5.74, 6) is 2.72. The number of rotatable bonds is 5. The normalized spacial score (nSPS) is 19.2. The number of hydrogen-bond donors (Lipinski definition) is 2. The summed E-state index contributed by atoms with van der Waals surface area (Å²) in [5.41, 5.74) is 0. The molecule has 106 valence electrons. The Balaban J connectivity index is 2.02. The van der Waals surface area contributed by atoms with Crippen LogP contribution >= 0.6 is 0 Å². The molecular weight excluding hydrogens is 238 g/mol. The average molecular weight is 263 g/mol. The quantitative estimate of drug-likeness (QED) is 0.848. The number of aromatic nitrogens is 2. The fourth-order valence-electron chi connectivity index (χ4n) is 2.52. The second kappa shape index (κ2) is 6.70. The molecule has 1 saturated heterocycles. The lowest BCUT2D eigenvalue weighted by Gasteiger charge is -2.29. The van der Waals surface area contributed by atoms with Gasteiger partial charge in [0.1, 0.15) is 17.5 Å². The van der Waals surface area contributed by atoms with Gasteiger partial charge in [0, 0.05) is 32.2 Å². The first kappa shape index (κ1) is 14.1. The maximum absolute atomic E-state index is 4.53. The van der Waals surface area contributed by atoms with Crippen LogP contribution in [0.3, 0.4) is 0 Å². The molecule has 1 atom stereocenters. The van der Waals surface area contributed by atoms with Gasteiger partial charge in [-0.25, -0.2) is 9.97 Å². The Morgan fingerprint density at radius 2 is 2.26 bits per heavy atom. The first-order valence-electron chi connectivity index (χ1n) is 7.23. The highest BCUT2D eigenvalue weighted by atomic mass is 15.2. The van der Waals surface area contributed by atoms with Crippen LogP contribution in [0.15, 0.2) is 6.07 Å². The predicted molar refractivity (Wildman–Crippen MR) is 79.8 cm³/mol. The number of likely N-dealkylation sites (N-methyl/N-ethyl adjacent to an activating group) is 1. The van der Waals surface area contributed by atoms with Gasteiger partial charge < -0.3 is 15.5 Å². The van der Waals surface area contributed by atoms with Crippen molar-refractivity contribution in [3.8, 4) is 0 Å². The molecule has 1 unspecified atom stereocenters. The highest BCUT2D eigenvalue weighted by molar-refractivity contribution is 5.49. The summed E-state index contributed by atoms with van der Waals surface area (Å²) in [6.45, 7) is 7.04. The Morgan fingerprint density at radius 1 is 1.42 bits per heavy atom. The van der Waals surface area contributed by atoms with E-state index in [4.69, 9.17) is 0 Å². The van der Waals surface area contributed by atoms with E-state index in [0.717, 1.165) is 37.1 Å². The van der Waals surface area contributed by atoms with Gasteiger partial charge in [0.2, 0.25) is 0 Å². The lowest BCUT2D eigenvalue weighted by Crippen LogP contribution is -2.42. The van der Waals surface area contributed by atoms with E-state index >= 15 is 0 Å². The Bertz CT molecular complexity index is 401. The molecule has 1 aliphatic heterocycles. The number of aryl methyl sites for hydroxylation is 1. The van der Waals surface area contributed by atoms with Crippen LogP contribution in [0.1, 0.15) is 32.0 Å². The van der Waals surface area contributed by atoms with Crippen LogP contribution < -0.4 is 15.5 Å². The summed E-state index contributed by atoms with van der Waals surface area (Å²) in [6, 6.07) is 2.61. The lowest BCUT2D eigenvalue weighted by atomic mass is 10.0. The maximum atomic E-state index is 4.53. The molecule has 5 nitrogen and oxygen atoms in total. The van der Waals surface area contributed by atoms with Crippen LogP contribution in [-0.2, 0) is 0 Å². The Labute approximate surface area is 115 Å². The number of hydrogen-bond acceptors (Lipinski definition) is 5. The van der Waals surface area contributed by atoms with Crippen LogP contribution in [0.2, 0.25) is 0 Å². The van der Waals surface area contributed by atoms with E-state index in [2.05, 4.69) is 39.5 Å². The molecule has 0 bridgehead atoms. The van der Waals surface area contributed by atoms with Crippen molar-refractivity contribution in [2.24, 2.45) is 0 Å². The third-order valence-corrected chi connectivity index (χ3v) is 3.48. The van der Waals surface area contributed by atoms with Gasteiger partial charge in [-0.05, 0) is 33.2 Å². The van der Waals surface area contributed by atoms with Crippen molar-refractivity contribution in [2.45, 2.75) is 39.2 Å². The lowest BCUT2D eigenvalue weighted by molar-refractivity contribution is 0.403. The molecule has 2 rings (SSSR count). The topological polar surface area (TPSA) is 53.1 Å². The smallest absolute Gasteiger partial charge is 0.134 e. The minimum absolute atomic E-state index is 0.580. The number of nitrogens with zero attached hydrogens (tertiary/aromatic N) is 3. The summed E-state index contributed by atoms with van der Waals surface area (Å²) in [6.07, 6.45) is 3.89. The molecule has 1 aromatic rings. The van der Waals surface area contributed by atoms with Crippen molar-refractivity contribution in [2.75, 3.05) is 36.9 Å². The van der Waals surface area contributed by atoms with Gasteiger partial charge in [0.25, 0.3) is 0 Å². The van der Waals surface area contributed by atoms with E-state index in [1.165, 1.54) is 19.3 Å². The van der Waals surface area contributed by atoms with Crippen LogP contribution in [-0.4, -0.2) is 42.7 Å². The van der Waals surface area contributed by atoms with E-state index in [1.54, 1.807) is 0 Å². The van der Waals surface area contributed by atoms with Gasteiger partial charge in [-0.2, -0.15) is 0 Å². The summed E-state index contributed by atoms with van der Waals surface area (Å²) in [5, 5.41) is 6.83. The van der Waals surface area contributed by atoms with Gasteiger partial charge in [-0.15, -0.1) is 0 Å². The van der Waals surface area contributed by atoms with Gasteiger partial charge >= 0.3 is 0 Å². The molecule has 1 aliphatic rings. The first-order valence-corrected chi connectivity index (χ1v) is 7.23. The highest BCUT2D eigenvalue weighted by Gasteiger charge is 2.16. The van der Waals surface area contributed by atoms with E-state index in [9.17, 15) is 0 Å². The van der Waals surface area contributed by atoms with E-state index in [0.29, 0.717) is 6.04 Å². The van der Waals surface area contributed by atoms with Crippen molar-refractivity contribution in [3.63, 3.8) is 0 Å². The minimum Gasteiger partial charge on any atom is -0.370 e. The van der Waals surface area contributed by atoms with Crippen LogP contribution in [0.4, 0.5) is 11.6 Å². The SMILES string of the molecule is CCNc1cc(N(C)CC2CCCCN2)nc(C)n1. The first-order chi connectivity index (χ1) is 9.19. The average Bonchev–Trinajstić information content (AvgIpc) is 2.39. The van der Waals surface area contributed by atoms with E-state index < -0.39 is 0 Å². The molecule has 0 saturated carbocycles. The second-order valence-corrected chi connectivity index (χ2v) is 5.22. The van der Waals surface area contributed by atoms with Gasteiger partial charge in [0.15, 0.2) is 0 Å². The van der Waals surface area contributed by atoms with Crippen LogP contribution in [0.25, 0.3) is 0 Å². The van der Waals surface area contributed by atoms with E-state index in [1.807, 2.05) is 13.0 Å². The zero-order chi connectivity index (χ0) is 13.7. The van der Waals surface area contributed by atoms with Crippen LogP contribution in [0.5, 0.6) is 0 Å². The Hall–Kier alpha value is -1.36. The maximum Gasteiger partial charge on any atom is 0.134 e. The Kier molecular flexibility index (Phi) is 4.96. The summed E-state index contributed by atoms with van der Waals surface area (Å²) < 4.78 is 0. The number of anilines is 2. The fourth-order valence-corrected chi connectivity index (χ4v) is 2.52. The molecule has 0 aromatic carbocycles. The molecule has 2 heterocycles. The molecule has 0 amide bonds. The second-order valence-electron chi connectivity index (χ2n) is 5.22. The zero-order valence-electron chi connectivity index (χ0n) is 12.2. The third kappa shape index (κ3) is 4.06. The largest absolute Gasteiger partial charge is 0.370 e.